The van der Waals surface area contributed by atoms with Crippen LogP contribution in [-0.4, -0.2) is 43.9 Å². The van der Waals surface area contributed by atoms with E-state index in [1.165, 1.54) is 22.5 Å². The number of nitrogens with one attached hydrogen (secondary N) is 1. The summed E-state index contributed by atoms with van der Waals surface area (Å²) < 4.78 is 33.1. The molecule has 2 atom stereocenters. The highest BCUT2D eigenvalue weighted by atomic mass is 35.5. The number of anilines is 1. The molecule has 8 heteroatoms. The van der Waals surface area contributed by atoms with Gasteiger partial charge in [0.1, 0.15) is 0 Å². The van der Waals surface area contributed by atoms with Gasteiger partial charge in [0.25, 0.3) is 5.91 Å². The Morgan fingerprint density at radius 3 is 2.46 bits per heavy atom. The molecule has 0 bridgehead atoms. The molecule has 2 unspecified atom stereocenters. The highest BCUT2D eigenvalue weighted by Crippen LogP contribution is 2.26. The van der Waals surface area contributed by atoms with Crippen LogP contribution in [0.3, 0.4) is 0 Å². The van der Waals surface area contributed by atoms with Crippen LogP contribution in [0.1, 0.15) is 29.8 Å². The van der Waals surface area contributed by atoms with Gasteiger partial charge in [0.2, 0.25) is 10.0 Å². The predicted octanol–water partition coefficient (Wildman–Crippen LogP) is 3.70. The minimum absolute atomic E-state index is 0.0348. The van der Waals surface area contributed by atoms with Crippen molar-refractivity contribution in [2.24, 2.45) is 0 Å². The van der Waals surface area contributed by atoms with Crippen molar-refractivity contribution in [2.45, 2.75) is 37.9 Å². The van der Waals surface area contributed by atoms with Crippen LogP contribution in [-0.2, 0) is 14.8 Å². The van der Waals surface area contributed by atoms with Gasteiger partial charge in [-0.05, 0) is 56.7 Å². The lowest BCUT2D eigenvalue weighted by molar-refractivity contribution is -0.0440. The van der Waals surface area contributed by atoms with E-state index in [1.54, 1.807) is 6.07 Å². The second-order valence-electron chi connectivity index (χ2n) is 7.04. The number of amides is 1. The largest absolute Gasteiger partial charge is 0.373 e. The third-order valence-corrected chi connectivity index (χ3v) is 6.64. The van der Waals surface area contributed by atoms with Gasteiger partial charge < -0.3 is 10.1 Å². The van der Waals surface area contributed by atoms with E-state index in [9.17, 15) is 13.2 Å². The van der Waals surface area contributed by atoms with Crippen LogP contribution in [0.2, 0.25) is 5.02 Å². The van der Waals surface area contributed by atoms with Crippen LogP contribution >= 0.6 is 11.6 Å². The zero-order chi connectivity index (χ0) is 20.5. The molecular weight excluding hydrogens is 400 g/mol. The van der Waals surface area contributed by atoms with Gasteiger partial charge in [-0.15, -0.1) is 0 Å². The molecule has 2 aromatic rings. The number of carbonyl (C=O) groups excluding carboxylic acids is 1. The Morgan fingerprint density at radius 2 is 1.82 bits per heavy atom. The Balaban J connectivity index is 1.89. The third-order valence-electron chi connectivity index (χ3n) is 4.48. The predicted molar refractivity (Wildman–Crippen MR) is 109 cm³/mol. The first kappa shape index (κ1) is 20.8. The zero-order valence-electron chi connectivity index (χ0n) is 16.0. The van der Waals surface area contributed by atoms with Crippen LogP contribution in [0, 0.1) is 6.92 Å². The number of nitrogens with zero attached hydrogens (tertiary/aromatic N) is 1. The first-order valence-corrected chi connectivity index (χ1v) is 10.8. The molecule has 1 aliphatic heterocycles. The third kappa shape index (κ3) is 4.55. The first-order chi connectivity index (χ1) is 13.2. The Labute approximate surface area is 170 Å². The van der Waals surface area contributed by atoms with E-state index in [0.717, 1.165) is 5.56 Å². The second kappa shape index (κ2) is 8.21. The van der Waals surface area contributed by atoms with Gasteiger partial charge >= 0.3 is 0 Å². The van der Waals surface area contributed by atoms with Gasteiger partial charge in [-0.25, -0.2) is 8.42 Å². The molecule has 0 radical (unpaired) electrons. The fourth-order valence-corrected chi connectivity index (χ4v) is 5.06. The summed E-state index contributed by atoms with van der Waals surface area (Å²) in [6, 6.07) is 11.5. The summed E-state index contributed by atoms with van der Waals surface area (Å²) in [5.74, 6) is -0.462. The fourth-order valence-electron chi connectivity index (χ4n) is 3.24. The summed E-state index contributed by atoms with van der Waals surface area (Å²) >= 11 is 6.18. The van der Waals surface area contributed by atoms with Gasteiger partial charge in [0, 0.05) is 18.8 Å². The van der Waals surface area contributed by atoms with Crippen LogP contribution in [0.5, 0.6) is 0 Å². The maximum Gasteiger partial charge on any atom is 0.257 e. The molecule has 2 aromatic carbocycles. The van der Waals surface area contributed by atoms with Crippen molar-refractivity contribution < 1.29 is 17.9 Å². The summed E-state index contributed by atoms with van der Waals surface area (Å²) in [5.41, 5.74) is 1.72. The standard InChI is InChI=1S/C20H23ClN2O4S/c1-13-5-4-6-16(9-13)22-20(24)18-10-17(7-8-19(18)21)28(25,26)23-11-14(2)27-15(3)12-23/h4-10,14-15H,11-12H2,1-3H3,(H,22,24). The van der Waals surface area contributed by atoms with Crippen molar-refractivity contribution in [2.75, 3.05) is 18.4 Å². The lowest BCUT2D eigenvalue weighted by atomic mass is 10.2. The molecule has 1 saturated heterocycles. The highest BCUT2D eigenvalue weighted by molar-refractivity contribution is 7.89. The van der Waals surface area contributed by atoms with E-state index >= 15 is 0 Å². The molecular formula is C20H23ClN2O4S. The van der Waals surface area contributed by atoms with Crippen molar-refractivity contribution in [1.29, 1.82) is 0 Å². The summed E-state index contributed by atoms with van der Waals surface area (Å²) in [6.45, 7) is 6.11. The number of benzene rings is 2. The van der Waals surface area contributed by atoms with Gasteiger partial charge in [-0.3, -0.25) is 4.79 Å². The molecule has 1 fully saturated rings. The zero-order valence-corrected chi connectivity index (χ0v) is 17.5. The van der Waals surface area contributed by atoms with Gasteiger partial charge in [0.05, 0.1) is 27.7 Å². The van der Waals surface area contributed by atoms with Crippen molar-refractivity contribution >= 4 is 33.2 Å². The van der Waals surface area contributed by atoms with E-state index in [4.69, 9.17) is 16.3 Å². The van der Waals surface area contributed by atoms with Crippen molar-refractivity contribution in [3.8, 4) is 0 Å². The van der Waals surface area contributed by atoms with Crippen LogP contribution in [0.4, 0.5) is 5.69 Å². The average molecular weight is 423 g/mol. The average Bonchev–Trinajstić information content (AvgIpc) is 2.61. The Morgan fingerprint density at radius 1 is 1.14 bits per heavy atom. The smallest absolute Gasteiger partial charge is 0.257 e. The number of sulfonamides is 1. The number of aryl methyl sites for hydroxylation is 1. The highest BCUT2D eigenvalue weighted by Gasteiger charge is 2.32. The van der Waals surface area contributed by atoms with Gasteiger partial charge in [0.15, 0.2) is 0 Å². The number of carbonyl (C=O) groups is 1. The molecule has 0 spiro atoms. The maximum absolute atomic E-state index is 13.1. The Kier molecular flexibility index (Phi) is 6.09. The van der Waals surface area contributed by atoms with E-state index in [-0.39, 0.29) is 40.8 Å². The number of hydrogen-bond donors (Lipinski definition) is 1. The van der Waals surface area contributed by atoms with Crippen molar-refractivity contribution in [1.82, 2.24) is 4.31 Å². The molecule has 28 heavy (non-hydrogen) atoms. The molecule has 0 aromatic heterocycles. The minimum Gasteiger partial charge on any atom is -0.373 e. The van der Waals surface area contributed by atoms with Gasteiger partial charge in [-0.1, -0.05) is 23.7 Å². The molecule has 3 rings (SSSR count). The lowest BCUT2D eigenvalue weighted by Gasteiger charge is -2.34. The normalized spacial score (nSPS) is 20.7. The number of morpholine rings is 1. The van der Waals surface area contributed by atoms with E-state index < -0.39 is 15.9 Å². The molecule has 0 aliphatic carbocycles. The lowest BCUT2D eigenvalue weighted by Crippen LogP contribution is -2.48. The fraction of sp³-hybridized carbons (Fsp3) is 0.350. The van der Waals surface area contributed by atoms with E-state index in [1.807, 2.05) is 39.0 Å². The molecule has 150 valence electrons. The SMILES string of the molecule is Cc1cccc(NC(=O)c2cc(S(=O)(=O)N3CC(C)OC(C)C3)ccc2Cl)c1. The first-order valence-electron chi connectivity index (χ1n) is 9.00. The van der Waals surface area contributed by atoms with Crippen LogP contribution in [0.25, 0.3) is 0 Å². The number of rotatable bonds is 4. The Hall–Kier alpha value is -1.93. The molecule has 1 amide bonds. The molecule has 6 nitrogen and oxygen atoms in total. The number of halogens is 1. The van der Waals surface area contributed by atoms with Crippen LogP contribution in [0.15, 0.2) is 47.4 Å². The van der Waals surface area contributed by atoms with Crippen LogP contribution < -0.4 is 5.32 Å². The topological polar surface area (TPSA) is 75.7 Å². The number of ether oxygens (including phenoxy) is 1. The molecule has 1 N–H and O–H groups in total. The molecule has 0 saturated carbocycles. The minimum atomic E-state index is -3.77. The summed E-state index contributed by atoms with van der Waals surface area (Å²) in [6.07, 6.45) is -0.398. The molecule has 1 heterocycles. The van der Waals surface area contributed by atoms with E-state index in [0.29, 0.717) is 5.69 Å². The summed E-state index contributed by atoms with van der Waals surface area (Å²) in [5, 5.41) is 2.95. The van der Waals surface area contributed by atoms with Gasteiger partial charge in [-0.2, -0.15) is 4.31 Å². The molecule has 1 aliphatic rings. The number of hydrogen-bond acceptors (Lipinski definition) is 4. The van der Waals surface area contributed by atoms with E-state index in [2.05, 4.69) is 5.32 Å². The quantitative estimate of drug-likeness (QED) is 0.815. The summed E-state index contributed by atoms with van der Waals surface area (Å²) in [4.78, 5) is 12.7. The second-order valence-corrected chi connectivity index (χ2v) is 9.39. The maximum atomic E-state index is 13.1. The summed E-state index contributed by atoms with van der Waals surface area (Å²) in [7, 11) is -3.77. The Bertz CT molecular complexity index is 983. The van der Waals surface area contributed by atoms with Crippen molar-refractivity contribution in [3.05, 3.63) is 58.6 Å². The monoisotopic (exact) mass is 422 g/mol. The van der Waals surface area contributed by atoms with Crippen molar-refractivity contribution in [3.63, 3.8) is 0 Å².